The Kier molecular flexibility index (Phi) is 6.06. The van der Waals surface area contributed by atoms with E-state index in [2.05, 4.69) is 47.0 Å². The predicted octanol–water partition coefficient (Wildman–Crippen LogP) is 4.02. The number of hydrogen-bond acceptors (Lipinski definition) is 3. The van der Waals surface area contributed by atoms with Crippen molar-refractivity contribution >= 4 is 0 Å². The molecule has 3 heteroatoms. The molecule has 3 N–H and O–H groups in total. The first kappa shape index (κ1) is 17.9. The van der Waals surface area contributed by atoms with Crippen LogP contribution in [0.5, 0.6) is 0 Å². The number of hydrazine groups is 1. The van der Waals surface area contributed by atoms with Crippen molar-refractivity contribution in [3.63, 3.8) is 0 Å². The molecule has 0 aromatic rings. The SMILES string of the molecule is CCOC1(C(CCC(C)(C)C)NN)CCC(C)(C)CC1. The zero-order valence-corrected chi connectivity index (χ0v) is 14.5. The van der Waals surface area contributed by atoms with Crippen LogP contribution in [0.4, 0.5) is 0 Å². The van der Waals surface area contributed by atoms with Crippen LogP contribution in [0.2, 0.25) is 0 Å². The molecule has 0 spiro atoms. The van der Waals surface area contributed by atoms with Crippen LogP contribution in [0, 0.1) is 10.8 Å². The van der Waals surface area contributed by atoms with E-state index in [-0.39, 0.29) is 11.6 Å². The molecule has 1 aliphatic rings. The maximum absolute atomic E-state index is 6.24. The second kappa shape index (κ2) is 6.76. The Labute approximate surface area is 126 Å². The molecule has 1 fully saturated rings. The lowest BCUT2D eigenvalue weighted by Crippen LogP contribution is -2.57. The molecule has 0 aromatic heterocycles. The average molecular weight is 284 g/mol. The summed E-state index contributed by atoms with van der Waals surface area (Å²) in [7, 11) is 0. The molecule has 1 atom stereocenters. The highest BCUT2D eigenvalue weighted by molar-refractivity contribution is 4.98. The zero-order chi connectivity index (χ0) is 15.4. The maximum Gasteiger partial charge on any atom is 0.0848 e. The second-order valence-corrected chi connectivity index (χ2v) is 8.48. The van der Waals surface area contributed by atoms with Crippen molar-refractivity contribution in [3.05, 3.63) is 0 Å². The summed E-state index contributed by atoms with van der Waals surface area (Å²) in [6.45, 7) is 14.5. The van der Waals surface area contributed by atoms with Crippen molar-refractivity contribution in [1.82, 2.24) is 5.43 Å². The van der Waals surface area contributed by atoms with Crippen LogP contribution in [-0.2, 0) is 4.74 Å². The lowest BCUT2D eigenvalue weighted by atomic mass is 9.67. The standard InChI is InChI=1S/C17H36N2O/c1-7-20-17(12-10-16(5,6)11-13-17)14(19-18)8-9-15(2,3)4/h14,19H,7-13,18H2,1-6H3. The first-order valence-corrected chi connectivity index (χ1v) is 8.24. The number of hydrogen-bond donors (Lipinski definition) is 2. The Morgan fingerprint density at radius 1 is 1.15 bits per heavy atom. The molecule has 0 heterocycles. The van der Waals surface area contributed by atoms with Crippen molar-refractivity contribution in [1.29, 1.82) is 0 Å². The van der Waals surface area contributed by atoms with Gasteiger partial charge in [-0.1, -0.05) is 34.6 Å². The van der Waals surface area contributed by atoms with Gasteiger partial charge in [-0.15, -0.1) is 0 Å². The number of ether oxygens (including phenoxy) is 1. The van der Waals surface area contributed by atoms with Gasteiger partial charge in [0.25, 0.3) is 0 Å². The number of nitrogens with two attached hydrogens (primary N) is 1. The van der Waals surface area contributed by atoms with Gasteiger partial charge in [0.05, 0.1) is 11.6 Å². The quantitative estimate of drug-likeness (QED) is 0.572. The van der Waals surface area contributed by atoms with Crippen LogP contribution in [-0.4, -0.2) is 18.2 Å². The van der Waals surface area contributed by atoms with Crippen molar-refractivity contribution in [2.24, 2.45) is 16.7 Å². The fourth-order valence-corrected chi connectivity index (χ4v) is 3.31. The molecule has 1 unspecified atom stereocenters. The number of rotatable bonds is 6. The van der Waals surface area contributed by atoms with Gasteiger partial charge >= 0.3 is 0 Å². The van der Waals surface area contributed by atoms with Crippen LogP contribution >= 0.6 is 0 Å². The maximum atomic E-state index is 6.24. The highest BCUT2D eigenvalue weighted by atomic mass is 16.5. The minimum atomic E-state index is -0.0652. The molecule has 3 nitrogen and oxygen atoms in total. The van der Waals surface area contributed by atoms with E-state index in [9.17, 15) is 0 Å². The third-order valence-corrected chi connectivity index (χ3v) is 4.90. The fourth-order valence-electron chi connectivity index (χ4n) is 3.31. The van der Waals surface area contributed by atoms with E-state index in [0.29, 0.717) is 10.8 Å². The minimum absolute atomic E-state index is 0.0652. The van der Waals surface area contributed by atoms with E-state index in [1.165, 1.54) is 19.3 Å². The van der Waals surface area contributed by atoms with Gasteiger partial charge in [0, 0.05) is 6.61 Å². The summed E-state index contributed by atoms with van der Waals surface area (Å²) >= 11 is 0. The van der Waals surface area contributed by atoms with Gasteiger partial charge in [-0.2, -0.15) is 0 Å². The molecular formula is C17H36N2O. The average Bonchev–Trinajstić information content (AvgIpc) is 2.32. The summed E-state index contributed by atoms with van der Waals surface area (Å²) < 4.78 is 6.24. The summed E-state index contributed by atoms with van der Waals surface area (Å²) in [6, 6.07) is 0.262. The van der Waals surface area contributed by atoms with Gasteiger partial charge in [0.1, 0.15) is 0 Å². The van der Waals surface area contributed by atoms with Crippen molar-refractivity contribution < 1.29 is 4.74 Å². The molecule has 120 valence electrons. The summed E-state index contributed by atoms with van der Waals surface area (Å²) in [5.74, 6) is 5.89. The summed E-state index contributed by atoms with van der Waals surface area (Å²) in [6.07, 6.45) is 6.93. The Morgan fingerprint density at radius 2 is 1.70 bits per heavy atom. The monoisotopic (exact) mass is 284 g/mol. The largest absolute Gasteiger partial charge is 0.374 e. The van der Waals surface area contributed by atoms with Crippen LogP contribution in [0.25, 0.3) is 0 Å². The number of nitrogens with one attached hydrogen (secondary N) is 1. The second-order valence-electron chi connectivity index (χ2n) is 8.48. The molecule has 1 saturated carbocycles. The third-order valence-electron chi connectivity index (χ3n) is 4.90. The molecule has 20 heavy (non-hydrogen) atoms. The summed E-state index contributed by atoms with van der Waals surface area (Å²) in [4.78, 5) is 0. The molecule has 0 bridgehead atoms. The fraction of sp³-hybridized carbons (Fsp3) is 1.00. The predicted molar refractivity (Wildman–Crippen MR) is 86.4 cm³/mol. The van der Waals surface area contributed by atoms with Crippen molar-refractivity contribution in [3.8, 4) is 0 Å². The molecule has 0 aliphatic heterocycles. The zero-order valence-electron chi connectivity index (χ0n) is 14.5. The van der Waals surface area contributed by atoms with E-state index < -0.39 is 0 Å². The van der Waals surface area contributed by atoms with Crippen LogP contribution in [0.3, 0.4) is 0 Å². The lowest BCUT2D eigenvalue weighted by Gasteiger charge is -2.47. The Bertz CT molecular complexity index is 284. The van der Waals surface area contributed by atoms with E-state index in [4.69, 9.17) is 10.6 Å². The third kappa shape index (κ3) is 5.01. The van der Waals surface area contributed by atoms with E-state index in [0.717, 1.165) is 25.9 Å². The minimum Gasteiger partial charge on any atom is -0.374 e. The Hall–Kier alpha value is -0.120. The highest BCUT2D eigenvalue weighted by Gasteiger charge is 2.44. The van der Waals surface area contributed by atoms with Crippen molar-refractivity contribution in [2.45, 2.75) is 91.7 Å². The van der Waals surface area contributed by atoms with Gasteiger partial charge in [-0.25, -0.2) is 0 Å². The van der Waals surface area contributed by atoms with Gasteiger partial charge in [-0.3, -0.25) is 11.3 Å². The lowest BCUT2D eigenvalue weighted by molar-refractivity contribution is -0.109. The molecule has 1 aliphatic carbocycles. The molecule has 0 aromatic carbocycles. The van der Waals surface area contributed by atoms with Gasteiger partial charge in [0.15, 0.2) is 0 Å². The summed E-state index contributed by atoms with van der Waals surface area (Å²) in [5, 5.41) is 0. The van der Waals surface area contributed by atoms with Crippen molar-refractivity contribution in [2.75, 3.05) is 6.61 Å². The van der Waals surface area contributed by atoms with Gasteiger partial charge < -0.3 is 4.74 Å². The Balaban J connectivity index is 2.76. The van der Waals surface area contributed by atoms with E-state index in [1.54, 1.807) is 0 Å². The molecule has 0 amide bonds. The first-order valence-electron chi connectivity index (χ1n) is 8.24. The van der Waals surface area contributed by atoms with Crippen LogP contribution in [0.1, 0.15) is 80.1 Å². The van der Waals surface area contributed by atoms with E-state index >= 15 is 0 Å². The first-order chi connectivity index (χ1) is 9.14. The van der Waals surface area contributed by atoms with E-state index in [1.807, 2.05) is 0 Å². The van der Waals surface area contributed by atoms with Crippen LogP contribution < -0.4 is 11.3 Å². The van der Waals surface area contributed by atoms with Crippen LogP contribution in [0.15, 0.2) is 0 Å². The smallest absolute Gasteiger partial charge is 0.0848 e. The Morgan fingerprint density at radius 3 is 2.10 bits per heavy atom. The topological polar surface area (TPSA) is 47.3 Å². The molecule has 0 saturated heterocycles. The normalized spacial score (nSPS) is 23.6. The summed E-state index contributed by atoms with van der Waals surface area (Å²) in [5.41, 5.74) is 3.80. The highest BCUT2D eigenvalue weighted by Crippen LogP contribution is 2.44. The molecule has 0 radical (unpaired) electrons. The van der Waals surface area contributed by atoms with Gasteiger partial charge in [-0.05, 0) is 56.3 Å². The van der Waals surface area contributed by atoms with Gasteiger partial charge in [0.2, 0.25) is 0 Å². The molecular weight excluding hydrogens is 248 g/mol. The molecule has 1 rings (SSSR count).